The summed E-state index contributed by atoms with van der Waals surface area (Å²) >= 11 is 6.06. The predicted octanol–water partition coefficient (Wildman–Crippen LogP) is 4.71. The number of ether oxygens (including phenoxy) is 1. The van der Waals surface area contributed by atoms with Crippen LogP contribution in [0.5, 0.6) is 5.75 Å². The number of fused-ring (bicyclic) bond motifs is 1. The van der Waals surface area contributed by atoms with Crippen LogP contribution in [-0.2, 0) is 14.4 Å². The monoisotopic (exact) mass is 448 g/mol. The van der Waals surface area contributed by atoms with E-state index >= 15 is 0 Å². The van der Waals surface area contributed by atoms with Crippen LogP contribution in [0.1, 0.15) is 17.2 Å². The van der Waals surface area contributed by atoms with Gasteiger partial charge in [0.2, 0.25) is 5.91 Å². The third kappa shape index (κ3) is 3.32. The van der Waals surface area contributed by atoms with Crippen molar-refractivity contribution in [3.8, 4) is 5.75 Å². The van der Waals surface area contributed by atoms with Crippen LogP contribution >= 0.6 is 11.6 Å². The van der Waals surface area contributed by atoms with Crippen molar-refractivity contribution < 1.29 is 19.2 Å². The van der Waals surface area contributed by atoms with E-state index in [4.69, 9.17) is 21.2 Å². The first-order valence-electron chi connectivity index (χ1n) is 10.3. The molecule has 3 aromatic rings. The summed E-state index contributed by atoms with van der Waals surface area (Å²) in [4.78, 5) is 34.3. The molecule has 162 valence electrons. The van der Waals surface area contributed by atoms with Crippen molar-refractivity contribution in [1.82, 2.24) is 0 Å². The zero-order chi connectivity index (χ0) is 22.4. The molecule has 32 heavy (non-hydrogen) atoms. The Bertz CT molecular complexity index is 1160. The van der Waals surface area contributed by atoms with Gasteiger partial charge in [0.15, 0.2) is 6.10 Å². The van der Waals surface area contributed by atoms with Crippen molar-refractivity contribution in [2.24, 2.45) is 5.92 Å². The number of imide groups is 1. The van der Waals surface area contributed by atoms with E-state index in [-0.39, 0.29) is 11.8 Å². The van der Waals surface area contributed by atoms with Gasteiger partial charge in [0.1, 0.15) is 11.7 Å². The molecule has 3 atom stereocenters. The van der Waals surface area contributed by atoms with E-state index < -0.39 is 18.1 Å². The van der Waals surface area contributed by atoms with Crippen LogP contribution < -0.4 is 14.7 Å². The number of carbonyl (C=O) groups excluding carboxylic acids is 2. The van der Waals surface area contributed by atoms with Gasteiger partial charge in [-0.3, -0.25) is 14.4 Å². The first kappa shape index (κ1) is 20.5. The molecule has 2 heterocycles. The van der Waals surface area contributed by atoms with Gasteiger partial charge in [-0.1, -0.05) is 41.4 Å². The average Bonchev–Trinajstić information content (AvgIpc) is 3.31. The third-order valence-corrected chi connectivity index (χ3v) is 6.20. The molecule has 0 N–H and O–H groups in total. The van der Waals surface area contributed by atoms with Crippen molar-refractivity contribution in [1.29, 1.82) is 0 Å². The molecule has 6 nitrogen and oxygen atoms in total. The van der Waals surface area contributed by atoms with Gasteiger partial charge in [-0.2, -0.15) is 0 Å². The lowest BCUT2D eigenvalue weighted by atomic mass is 9.90. The highest BCUT2D eigenvalue weighted by atomic mass is 35.5. The number of methoxy groups -OCH3 is 1. The predicted molar refractivity (Wildman–Crippen MR) is 122 cm³/mol. The second kappa shape index (κ2) is 7.97. The summed E-state index contributed by atoms with van der Waals surface area (Å²) in [6, 6.07) is 21.4. The zero-order valence-electron chi connectivity index (χ0n) is 17.6. The Morgan fingerprint density at radius 3 is 2.09 bits per heavy atom. The number of aryl methyl sites for hydroxylation is 1. The first-order valence-corrected chi connectivity index (χ1v) is 10.7. The maximum Gasteiger partial charge on any atom is 0.266 e. The Morgan fingerprint density at radius 1 is 0.844 bits per heavy atom. The summed E-state index contributed by atoms with van der Waals surface area (Å²) in [7, 11) is 1.60. The number of hydroxylamine groups is 1. The number of hydrogen-bond donors (Lipinski definition) is 0. The van der Waals surface area contributed by atoms with E-state index in [0.717, 1.165) is 11.1 Å². The minimum Gasteiger partial charge on any atom is -0.497 e. The summed E-state index contributed by atoms with van der Waals surface area (Å²) < 4.78 is 5.28. The van der Waals surface area contributed by atoms with Crippen molar-refractivity contribution in [2.45, 2.75) is 19.1 Å². The van der Waals surface area contributed by atoms with Crippen LogP contribution in [0.2, 0.25) is 5.02 Å². The molecule has 0 aliphatic carbocycles. The fraction of sp³-hybridized carbons (Fsp3) is 0.200. The largest absolute Gasteiger partial charge is 0.497 e. The molecule has 0 spiro atoms. The summed E-state index contributed by atoms with van der Waals surface area (Å²) in [5, 5.41) is 2.24. The van der Waals surface area contributed by atoms with Crippen molar-refractivity contribution >= 4 is 34.8 Å². The molecule has 2 aliphatic heterocycles. The quantitative estimate of drug-likeness (QED) is 0.541. The number of anilines is 2. The van der Waals surface area contributed by atoms with Gasteiger partial charge in [-0.15, -0.1) is 0 Å². The fourth-order valence-corrected chi connectivity index (χ4v) is 4.44. The summed E-state index contributed by atoms with van der Waals surface area (Å²) in [6.07, 6.45) is -0.911. The number of carbonyl (C=O) groups is 2. The Morgan fingerprint density at radius 2 is 1.47 bits per heavy atom. The lowest BCUT2D eigenvalue weighted by Crippen LogP contribution is -2.37. The topological polar surface area (TPSA) is 59.1 Å². The Hall–Kier alpha value is -3.35. The highest BCUT2D eigenvalue weighted by Gasteiger charge is 2.60. The van der Waals surface area contributed by atoms with Gasteiger partial charge in [0, 0.05) is 5.02 Å². The second-order valence-electron chi connectivity index (χ2n) is 7.92. The number of rotatable bonds is 4. The van der Waals surface area contributed by atoms with E-state index in [1.54, 1.807) is 36.4 Å². The maximum atomic E-state index is 13.6. The van der Waals surface area contributed by atoms with E-state index in [9.17, 15) is 9.59 Å². The highest BCUT2D eigenvalue weighted by Crippen LogP contribution is 2.47. The van der Waals surface area contributed by atoms with Crippen LogP contribution in [0.15, 0.2) is 72.8 Å². The van der Waals surface area contributed by atoms with Gasteiger partial charge >= 0.3 is 0 Å². The number of halogens is 1. The van der Waals surface area contributed by atoms with Crippen LogP contribution in [0, 0.1) is 12.8 Å². The molecule has 0 unspecified atom stereocenters. The smallest absolute Gasteiger partial charge is 0.266 e. The zero-order valence-corrected chi connectivity index (χ0v) is 18.3. The SMILES string of the molecule is COc1ccc([C@H]2[C@H]3C(=O)N(c4ccc(C)cc4)C(=O)[C@H]3ON2c2ccc(Cl)cc2)cc1. The Labute approximate surface area is 190 Å². The lowest BCUT2D eigenvalue weighted by molar-refractivity contribution is -0.126. The van der Waals surface area contributed by atoms with Gasteiger partial charge in [-0.05, 0) is 61.0 Å². The molecule has 2 amide bonds. The van der Waals surface area contributed by atoms with E-state index in [2.05, 4.69) is 0 Å². The lowest BCUT2D eigenvalue weighted by Gasteiger charge is -2.29. The van der Waals surface area contributed by atoms with E-state index in [1.807, 2.05) is 55.5 Å². The Kier molecular flexibility index (Phi) is 5.12. The molecule has 2 saturated heterocycles. The number of benzene rings is 3. The third-order valence-electron chi connectivity index (χ3n) is 5.95. The average molecular weight is 449 g/mol. The minimum atomic E-state index is -0.911. The number of nitrogens with zero attached hydrogens (tertiary/aromatic N) is 2. The highest BCUT2D eigenvalue weighted by molar-refractivity contribution is 6.30. The molecule has 0 bridgehead atoms. The molecular weight excluding hydrogens is 428 g/mol. The fourth-order valence-electron chi connectivity index (χ4n) is 4.31. The summed E-state index contributed by atoms with van der Waals surface area (Å²) in [5.74, 6) is -0.620. The standard InChI is InChI=1S/C25H21ClN2O4/c1-15-3-9-18(10-4-15)27-24(29)21-22(16-5-13-20(31-2)14-6-16)28(32-23(21)25(27)30)19-11-7-17(26)8-12-19/h3-14,21-23H,1-2H3/t21-,22+,23+/m1/s1. The molecule has 2 aliphatic rings. The maximum absolute atomic E-state index is 13.6. The normalized spacial score (nSPS) is 22.4. The molecule has 0 radical (unpaired) electrons. The van der Waals surface area contributed by atoms with Gasteiger partial charge in [-0.25, -0.2) is 9.96 Å². The molecule has 0 saturated carbocycles. The molecule has 0 aromatic heterocycles. The second-order valence-corrected chi connectivity index (χ2v) is 8.36. The van der Waals surface area contributed by atoms with Crippen molar-refractivity contribution in [3.63, 3.8) is 0 Å². The van der Waals surface area contributed by atoms with Crippen LogP contribution in [0.3, 0.4) is 0 Å². The first-order chi connectivity index (χ1) is 15.5. The molecular formula is C25H21ClN2O4. The van der Waals surface area contributed by atoms with Crippen molar-refractivity contribution in [3.05, 3.63) is 88.9 Å². The van der Waals surface area contributed by atoms with Gasteiger partial charge in [0.25, 0.3) is 5.91 Å². The van der Waals surface area contributed by atoms with Crippen LogP contribution in [0.25, 0.3) is 0 Å². The van der Waals surface area contributed by atoms with Gasteiger partial charge in [0.05, 0.1) is 24.5 Å². The number of amides is 2. The van der Waals surface area contributed by atoms with E-state index in [1.165, 1.54) is 4.90 Å². The molecule has 3 aromatic carbocycles. The summed E-state index contributed by atoms with van der Waals surface area (Å²) in [6.45, 7) is 1.96. The Balaban J connectivity index is 1.57. The summed E-state index contributed by atoms with van der Waals surface area (Å²) in [5.41, 5.74) is 3.16. The van der Waals surface area contributed by atoms with Crippen LogP contribution in [0.4, 0.5) is 11.4 Å². The van der Waals surface area contributed by atoms with Gasteiger partial charge < -0.3 is 4.74 Å². The molecule has 5 rings (SSSR count). The van der Waals surface area contributed by atoms with E-state index in [0.29, 0.717) is 22.1 Å². The van der Waals surface area contributed by atoms with Crippen LogP contribution in [-0.4, -0.2) is 25.0 Å². The molecule has 7 heteroatoms. The number of hydrogen-bond acceptors (Lipinski definition) is 5. The minimum absolute atomic E-state index is 0.277. The van der Waals surface area contributed by atoms with Crippen molar-refractivity contribution in [2.75, 3.05) is 17.1 Å². The molecule has 2 fully saturated rings.